The van der Waals surface area contributed by atoms with Gasteiger partial charge in [-0.25, -0.2) is 9.78 Å². The molecule has 0 saturated carbocycles. The van der Waals surface area contributed by atoms with Crippen LogP contribution in [0, 0.1) is 0 Å². The van der Waals surface area contributed by atoms with Gasteiger partial charge in [0.15, 0.2) is 5.82 Å². The van der Waals surface area contributed by atoms with E-state index in [4.69, 9.17) is 4.74 Å². The minimum Gasteiger partial charge on any atom is -0.466 e. The number of aromatic nitrogens is 7. The van der Waals surface area contributed by atoms with Crippen molar-refractivity contribution in [3.63, 3.8) is 0 Å². The number of unbranched alkanes of at least 4 members (excludes halogenated alkanes) is 1. The van der Waals surface area contributed by atoms with E-state index in [1.807, 2.05) is 22.9 Å². The van der Waals surface area contributed by atoms with Gasteiger partial charge in [0.25, 0.3) is 0 Å². The summed E-state index contributed by atoms with van der Waals surface area (Å²) in [5.74, 6) is 1.61. The Hall–Kier alpha value is -3.55. The minimum absolute atomic E-state index is 0.419. The molecule has 0 aliphatic carbocycles. The van der Waals surface area contributed by atoms with Crippen LogP contribution in [0.15, 0.2) is 48.5 Å². The number of ether oxygens (including phenoxy) is 1. The summed E-state index contributed by atoms with van der Waals surface area (Å²) in [5, 5.41) is 18.7. The molecule has 29 heavy (non-hydrogen) atoms. The quantitative estimate of drug-likeness (QED) is 0.495. The van der Waals surface area contributed by atoms with Gasteiger partial charge < -0.3 is 4.74 Å². The Kier molecular flexibility index (Phi) is 5.60. The Morgan fingerprint density at radius 1 is 1.03 bits per heavy atom. The highest BCUT2D eigenvalue weighted by atomic mass is 16.5. The van der Waals surface area contributed by atoms with E-state index >= 15 is 0 Å². The smallest absolute Gasteiger partial charge is 0.335 e. The molecular weight excluding hydrogens is 366 g/mol. The Bertz CT molecular complexity index is 1060. The number of hydrogen-bond acceptors (Lipinski definition) is 6. The molecule has 4 aromatic rings. The average Bonchev–Trinajstić information content (AvgIpc) is 3.43. The van der Waals surface area contributed by atoms with Crippen LogP contribution >= 0.6 is 0 Å². The van der Waals surface area contributed by atoms with Crippen molar-refractivity contribution in [2.45, 2.75) is 32.7 Å². The van der Waals surface area contributed by atoms with E-state index in [0.29, 0.717) is 18.4 Å². The Morgan fingerprint density at radius 2 is 1.83 bits per heavy atom. The first-order valence-corrected chi connectivity index (χ1v) is 9.68. The number of H-pyrrole nitrogens is 1. The summed E-state index contributed by atoms with van der Waals surface area (Å²) in [7, 11) is 1.60. The average molecular weight is 389 g/mol. The molecule has 0 radical (unpaired) electrons. The van der Waals surface area contributed by atoms with E-state index in [2.05, 4.69) is 68.0 Å². The second-order valence-corrected chi connectivity index (χ2v) is 6.77. The lowest BCUT2D eigenvalue weighted by atomic mass is 9.98. The number of rotatable bonds is 8. The van der Waals surface area contributed by atoms with Crippen LogP contribution in [0.25, 0.3) is 22.5 Å². The normalized spacial score (nSPS) is 11.0. The molecule has 0 aliphatic heterocycles. The number of tetrazole rings is 1. The number of aromatic amines is 1. The molecule has 8 nitrogen and oxygen atoms in total. The van der Waals surface area contributed by atoms with Crippen molar-refractivity contribution in [3.05, 3.63) is 59.9 Å². The fourth-order valence-corrected chi connectivity index (χ4v) is 3.26. The molecule has 0 unspecified atom stereocenters. The van der Waals surface area contributed by atoms with E-state index in [1.54, 1.807) is 7.11 Å². The highest BCUT2D eigenvalue weighted by Crippen LogP contribution is 2.29. The van der Waals surface area contributed by atoms with Crippen molar-refractivity contribution in [3.8, 4) is 28.5 Å². The monoisotopic (exact) mass is 389 g/mol. The molecule has 0 amide bonds. The molecule has 1 N–H and O–H groups in total. The van der Waals surface area contributed by atoms with Crippen LogP contribution in [-0.2, 0) is 13.0 Å². The van der Waals surface area contributed by atoms with Crippen molar-refractivity contribution in [1.29, 1.82) is 0 Å². The van der Waals surface area contributed by atoms with Crippen molar-refractivity contribution >= 4 is 0 Å². The zero-order valence-electron chi connectivity index (χ0n) is 16.5. The number of nitrogens with zero attached hydrogens (tertiary/aromatic N) is 6. The Balaban J connectivity index is 1.58. The molecule has 4 rings (SSSR count). The van der Waals surface area contributed by atoms with Crippen LogP contribution in [0.1, 0.15) is 31.2 Å². The Morgan fingerprint density at radius 3 is 2.52 bits per heavy atom. The summed E-state index contributed by atoms with van der Waals surface area (Å²) >= 11 is 0. The first-order chi connectivity index (χ1) is 14.3. The standard InChI is InChI=1S/C21H23N7O/c1-3-4-9-19-22-21(29-2)25-28(19)14-15-10-12-16(13-11-15)17-7-5-6-8-18(17)20-23-26-27-24-20/h5-8,10-13H,3-4,9,14H2,1-2H3,(H,23,24,26,27). The predicted molar refractivity (Wildman–Crippen MR) is 109 cm³/mol. The number of benzene rings is 2. The summed E-state index contributed by atoms with van der Waals surface area (Å²) in [5.41, 5.74) is 4.29. The molecule has 0 bridgehead atoms. The molecule has 0 saturated heterocycles. The van der Waals surface area contributed by atoms with Gasteiger partial charge in [0, 0.05) is 12.0 Å². The second kappa shape index (κ2) is 8.64. The number of methoxy groups -OCH3 is 1. The van der Waals surface area contributed by atoms with Crippen molar-refractivity contribution < 1.29 is 4.74 Å². The maximum Gasteiger partial charge on any atom is 0.335 e. The van der Waals surface area contributed by atoms with Crippen LogP contribution in [-0.4, -0.2) is 42.5 Å². The van der Waals surface area contributed by atoms with Gasteiger partial charge in [0.05, 0.1) is 13.7 Å². The first kappa shape index (κ1) is 18.8. The predicted octanol–water partition coefficient (Wildman–Crippen LogP) is 3.52. The van der Waals surface area contributed by atoms with Crippen LogP contribution in [0.2, 0.25) is 0 Å². The summed E-state index contributed by atoms with van der Waals surface area (Å²) in [6.07, 6.45) is 3.08. The Labute approximate surface area is 169 Å². The van der Waals surface area contributed by atoms with Crippen LogP contribution in [0.3, 0.4) is 0 Å². The molecule has 2 heterocycles. The SMILES string of the molecule is CCCCc1nc(OC)nn1Cc1ccc(-c2ccccc2-c2nnn[nH]2)cc1. The zero-order chi connectivity index (χ0) is 20.1. The van der Waals surface area contributed by atoms with Gasteiger partial charge in [-0.3, -0.25) is 0 Å². The zero-order valence-corrected chi connectivity index (χ0v) is 16.5. The first-order valence-electron chi connectivity index (χ1n) is 9.68. The highest BCUT2D eigenvalue weighted by molar-refractivity contribution is 5.80. The van der Waals surface area contributed by atoms with Crippen LogP contribution in [0.5, 0.6) is 6.01 Å². The fourth-order valence-electron chi connectivity index (χ4n) is 3.26. The van der Waals surface area contributed by atoms with E-state index in [0.717, 1.165) is 47.3 Å². The third-order valence-corrected chi connectivity index (χ3v) is 4.79. The van der Waals surface area contributed by atoms with E-state index in [1.165, 1.54) is 0 Å². The molecule has 148 valence electrons. The molecular formula is C21H23N7O. The van der Waals surface area contributed by atoms with Crippen LogP contribution in [0.4, 0.5) is 0 Å². The molecule has 0 fully saturated rings. The summed E-state index contributed by atoms with van der Waals surface area (Å²) in [6, 6.07) is 16.9. The number of hydrogen-bond donors (Lipinski definition) is 1. The van der Waals surface area contributed by atoms with Gasteiger partial charge >= 0.3 is 6.01 Å². The fraction of sp³-hybridized carbons (Fsp3) is 0.286. The molecule has 0 atom stereocenters. The number of nitrogens with one attached hydrogen (secondary N) is 1. The summed E-state index contributed by atoms with van der Waals surface area (Å²) in [6.45, 7) is 2.83. The molecule has 8 heteroatoms. The van der Waals surface area contributed by atoms with Gasteiger partial charge in [-0.1, -0.05) is 61.9 Å². The van der Waals surface area contributed by atoms with Gasteiger partial charge in [-0.2, -0.15) is 4.98 Å². The van der Waals surface area contributed by atoms with E-state index < -0.39 is 0 Å². The van der Waals surface area contributed by atoms with Crippen LogP contribution < -0.4 is 4.74 Å². The second-order valence-electron chi connectivity index (χ2n) is 6.77. The van der Waals surface area contributed by atoms with Gasteiger partial charge in [-0.05, 0) is 33.5 Å². The molecule has 2 aromatic carbocycles. The largest absolute Gasteiger partial charge is 0.466 e. The topological polar surface area (TPSA) is 94.4 Å². The highest BCUT2D eigenvalue weighted by Gasteiger charge is 2.12. The van der Waals surface area contributed by atoms with Gasteiger partial charge in [0.1, 0.15) is 5.82 Å². The van der Waals surface area contributed by atoms with Gasteiger partial charge in [0.2, 0.25) is 0 Å². The van der Waals surface area contributed by atoms with Crippen molar-refractivity contribution in [2.24, 2.45) is 0 Å². The molecule has 0 aliphatic rings. The minimum atomic E-state index is 0.419. The molecule has 2 aromatic heterocycles. The number of aryl methyl sites for hydroxylation is 1. The maximum atomic E-state index is 5.22. The summed E-state index contributed by atoms with van der Waals surface area (Å²) in [4.78, 5) is 4.47. The molecule has 0 spiro atoms. The van der Waals surface area contributed by atoms with Gasteiger partial charge in [-0.15, -0.1) is 10.2 Å². The lowest BCUT2D eigenvalue weighted by Gasteiger charge is -2.09. The van der Waals surface area contributed by atoms with E-state index in [9.17, 15) is 0 Å². The van der Waals surface area contributed by atoms with Crippen molar-refractivity contribution in [2.75, 3.05) is 7.11 Å². The third kappa shape index (κ3) is 4.16. The summed E-state index contributed by atoms with van der Waals surface area (Å²) < 4.78 is 7.14. The maximum absolute atomic E-state index is 5.22. The third-order valence-electron chi connectivity index (χ3n) is 4.79. The van der Waals surface area contributed by atoms with Crippen molar-refractivity contribution in [1.82, 2.24) is 35.4 Å². The van der Waals surface area contributed by atoms with E-state index in [-0.39, 0.29) is 0 Å². The lowest BCUT2D eigenvalue weighted by molar-refractivity contribution is 0.377. The lowest BCUT2D eigenvalue weighted by Crippen LogP contribution is -2.07.